The number of hydrogen-bond acceptors (Lipinski definition) is 1. The van der Waals surface area contributed by atoms with E-state index in [4.69, 9.17) is 0 Å². The van der Waals surface area contributed by atoms with Crippen LogP contribution in [0.5, 0.6) is 0 Å². The van der Waals surface area contributed by atoms with E-state index < -0.39 is 0 Å². The van der Waals surface area contributed by atoms with E-state index in [1.807, 2.05) is 24.0 Å². The summed E-state index contributed by atoms with van der Waals surface area (Å²) in [5.74, 6) is 0. The molecule has 2 nitrogen and oxygen atoms in total. The molecule has 0 radical (unpaired) electrons. The Bertz CT molecular complexity index is 426. The first-order valence-corrected chi connectivity index (χ1v) is 4.00. The molecule has 0 N–H and O–H groups in total. The van der Waals surface area contributed by atoms with Gasteiger partial charge in [-0.25, -0.2) is 0 Å². The highest BCUT2D eigenvalue weighted by molar-refractivity contribution is 5.82. The van der Waals surface area contributed by atoms with Crippen LogP contribution in [0.15, 0.2) is 30.5 Å². The van der Waals surface area contributed by atoms with Gasteiger partial charge >= 0.3 is 0 Å². The topological polar surface area (TPSA) is 16.8 Å². The van der Waals surface area contributed by atoms with Gasteiger partial charge in [-0.2, -0.15) is 0 Å². The fourth-order valence-corrected chi connectivity index (χ4v) is 1.35. The summed E-state index contributed by atoms with van der Waals surface area (Å²) in [7, 11) is 1.96. The van der Waals surface area contributed by atoms with Crippen molar-refractivity contribution in [3.8, 4) is 0 Å². The fourth-order valence-electron chi connectivity index (χ4n) is 1.35. The van der Waals surface area contributed by atoms with Crippen molar-refractivity contribution in [2.75, 3.05) is 0 Å². The molecule has 68 valence electrons. The molecule has 1 aromatic heterocycles. The van der Waals surface area contributed by atoms with Crippen molar-refractivity contribution in [2.45, 2.75) is 6.92 Å². The zero-order valence-electron chi connectivity index (χ0n) is 7.66. The molecule has 13 heavy (non-hydrogen) atoms. The van der Waals surface area contributed by atoms with Gasteiger partial charge in [0.2, 0.25) is 5.69 Å². The second-order valence-corrected chi connectivity index (χ2v) is 2.94. The van der Waals surface area contributed by atoms with Crippen LogP contribution in [-0.4, -0.2) is 5.10 Å². The summed E-state index contributed by atoms with van der Waals surface area (Å²) in [5, 5.41) is 6.70. The molecule has 0 aliphatic carbocycles. The molecule has 0 spiro atoms. The van der Waals surface area contributed by atoms with Gasteiger partial charge in [-0.1, -0.05) is 22.9 Å². The quantitative estimate of drug-likeness (QED) is 0.420. The average Bonchev–Trinajstić information content (AvgIpc) is 2.12. The molecule has 0 aliphatic rings. The third-order valence-corrected chi connectivity index (χ3v) is 2.21. The number of halogens is 1. The monoisotopic (exact) mass is 286 g/mol. The van der Waals surface area contributed by atoms with Crippen molar-refractivity contribution in [1.29, 1.82) is 0 Å². The Morgan fingerprint density at radius 1 is 1.23 bits per heavy atom. The van der Waals surface area contributed by atoms with E-state index in [9.17, 15) is 0 Å². The molecule has 0 saturated heterocycles. The van der Waals surface area contributed by atoms with E-state index in [0.717, 1.165) is 0 Å². The van der Waals surface area contributed by atoms with Crippen LogP contribution >= 0.6 is 0 Å². The summed E-state index contributed by atoms with van der Waals surface area (Å²) in [6.07, 6.45) is 1.89. The third-order valence-electron chi connectivity index (χ3n) is 2.21. The predicted molar refractivity (Wildman–Crippen MR) is 47.7 cm³/mol. The van der Waals surface area contributed by atoms with Gasteiger partial charge in [-0.05, 0) is 11.2 Å². The molecular weight excluding hydrogens is 275 g/mol. The number of fused-ring (bicyclic) bond motifs is 1. The maximum atomic E-state index is 4.22. The van der Waals surface area contributed by atoms with Gasteiger partial charge in [0, 0.05) is 12.3 Å². The summed E-state index contributed by atoms with van der Waals surface area (Å²) < 4.78 is 1.89. The average molecular weight is 286 g/mol. The van der Waals surface area contributed by atoms with Crippen molar-refractivity contribution >= 4 is 10.8 Å². The Labute approximate surface area is 94.6 Å². The molecule has 3 heteroatoms. The van der Waals surface area contributed by atoms with Gasteiger partial charge in [0.25, 0.3) is 0 Å². The molecule has 2 rings (SSSR count). The van der Waals surface area contributed by atoms with Gasteiger partial charge < -0.3 is 24.0 Å². The highest BCUT2D eigenvalue weighted by atomic mass is 127. The van der Waals surface area contributed by atoms with Crippen molar-refractivity contribution in [1.82, 2.24) is 5.10 Å². The van der Waals surface area contributed by atoms with Gasteiger partial charge in [-0.3, -0.25) is 0 Å². The van der Waals surface area contributed by atoms with Crippen LogP contribution in [0.2, 0.25) is 0 Å². The number of nitrogens with zero attached hydrogens (tertiary/aromatic N) is 2. The van der Waals surface area contributed by atoms with E-state index in [1.165, 1.54) is 16.5 Å². The second kappa shape index (κ2) is 4.00. The number of aryl methyl sites for hydroxylation is 2. The molecule has 0 atom stereocenters. The zero-order valence-corrected chi connectivity index (χ0v) is 9.82. The van der Waals surface area contributed by atoms with Crippen LogP contribution in [0.4, 0.5) is 0 Å². The first kappa shape index (κ1) is 10.4. The highest BCUT2D eigenvalue weighted by Crippen LogP contribution is 2.12. The summed E-state index contributed by atoms with van der Waals surface area (Å²) in [5.41, 5.74) is 1.20. The van der Waals surface area contributed by atoms with Crippen molar-refractivity contribution in [3.63, 3.8) is 0 Å². The first-order chi connectivity index (χ1) is 5.79. The number of aromatic nitrogens is 2. The maximum absolute atomic E-state index is 4.22. The SMILES string of the molecule is Cc1c2ccccc2cn[n+]1C.[I-]. The predicted octanol–water partition coefficient (Wildman–Crippen LogP) is -1.63. The first-order valence-electron chi connectivity index (χ1n) is 4.00. The van der Waals surface area contributed by atoms with E-state index in [2.05, 4.69) is 30.2 Å². The Morgan fingerprint density at radius 2 is 1.92 bits per heavy atom. The Balaban J connectivity index is 0.000000845. The fraction of sp³-hybridized carbons (Fsp3) is 0.200. The van der Waals surface area contributed by atoms with Crippen LogP contribution < -0.4 is 28.7 Å². The van der Waals surface area contributed by atoms with Crippen molar-refractivity contribution in [2.24, 2.45) is 7.05 Å². The van der Waals surface area contributed by atoms with Gasteiger partial charge in [0.15, 0.2) is 7.05 Å². The highest BCUT2D eigenvalue weighted by Gasteiger charge is 2.06. The molecule has 1 heterocycles. The normalized spacial score (nSPS) is 9.69. The van der Waals surface area contributed by atoms with E-state index in [-0.39, 0.29) is 24.0 Å². The lowest BCUT2D eigenvalue weighted by atomic mass is 10.1. The second-order valence-electron chi connectivity index (χ2n) is 2.94. The van der Waals surface area contributed by atoms with Crippen molar-refractivity contribution < 1.29 is 28.7 Å². The Morgan fingerprint density at radius 3 is 2.69 bits per heavy atom. The lowest BCUT2D eigenvalue weighted by Gasteiger charge is -1.96. The zero-order chi connectivity index (χ0) is 8.55. The molecule has 0 amide bonds. The minimum Gasteiger partial charge on any atom is -1.00 e. The maximum Gasteiger partial charge on any atom is 0.212 e. The molecular formula is C10H11IN2. The van der Waals surface area contributed by atoms with Crippen LogP contribution in [0, 0.1) is 6.92 Å². The molecule has 0 aliphatic heterocycles. The smallest absolute Gasteiger partial charge is 0.212 e. The molecule has 0 bridgehead atoms. The standard InChI is InChI=1S/C10H11N2.HI/c1-8-10-6-4-3-5-9(10)7-11-12(8)2;/h3-7H,1-2H3;1H/q+1;/p-1. The summed E-state index contributed by atoms with van der Waals surface area (Å²) in [6, 6.07) is 8.28. The molecule has 0 unspecified atom stereocenters. The molecule has 2 aromatic rings. The van der Waals surface area contributed by atoms with Gasteiger partial charge in [0.05, 0.1) is 5.39 Å². The summed E-state index contributed by atoms with van der Waals surface area (Å²) in [4.78, 5) is 0. The van der Waals surface area contributed by atoms with Crippen LogP contribution in [0.3, 0.4) is 0 Å². The van der Waals surface area contributed by atoms with Gasteiger partial charge in [-0.15, -0.1) is 0 Å². The van der Waals surface area contributed by atoms with Crippen LogP contribution in [0.25, 0.3) is 10.8 Å². The Hall–Kier alpha value is -0.710. The lowest BCUT2D eigenvalue weighted by Crippen LogP contribution is -3.00. The molecule has 0 fully saturated rings. The van der Waals surface area contributed by atoms with E-state index in [1.54, 1.807) is 0 Å². The van der Waals surface area contributed by atoms with Crippen LogP contribution in [0.1, 0.15) is 5.69 Å². The number of rotatable bonds is 0. The molecule has 0 saturated carbocycles. The summed E-state index contributed by atoms with van der Waals surface area (Å²) >= 11 is 0. The number of hydrogen-bond donors (Lipinski definition) is 0. The molecule has 1 aromatic carbocycles. The van der Waals surface area contributed by atoms with E-state index >= 15 is 0 Å². The minimum atomic E-state index is 0. The minimum absolute atomic E-state index is 0. The van der Waals surface area contributed by atoms with E-state index in [0.29, 0.717) is 0 Å². The number of benzene rings is 1. The Kier molecular flexibility index (Phi) is 3.19. The van der Waals surface area contributed by atoms with Gasteiger partial charge in [0.1, 0.15) is 6.20 Å². The summed E-state index contributed by atoms with van der Waals surface area (Å²) in [6.45, 7) is 2.08. The third kappa shape index (κ3) is 1.80. The van der Waals surface area contributed by atoms with Crippen molar-refractivity contribution in [3.05, 3.63) is 36.2 Å². The van der Waals surface area contributed by atoms with Crippen LogP contribution in [-0.2, 0) is 7.05 Å². The largest absolute Gasteiger partial charge is 1.00 e. The lowest BCUT2D eigenvalue weighted by molar-refractivity contribution is -0.735.